The van der Waals surface area contributed by atoms with Crippen LogP contribution in [0.4, 0.5) is 22.7 Å². The summed E-state index contributed by atoms with van der Waals surface area (Å²) in [6.07, 6.45) is 5.47. The molecule has 0 spiro atoms. The average Bonchev–Trinajstić information content (AvgIpc) is 3.11. The number of nitrogens with zero attached hydrogens (tertiary/aromatic N) is 2. The number of azo groups is 1. The summed E-state index contributed by atoms with van der Waals surface area (Å²) in [6.45, 7) is -0.616. The summed E-state index contributed by atoms with van der Waals surface area (Å²) in [6, 6.07) is 20.9. The van der Waals surface area contributed by atoms with Gasteiger partial charge in [0, 0.05) is 16.5 Å². The smallest absolute Gasteiger partial charge is 0.296 e. The van der Waals surface area contributed by atoms with Crippen molar-refractivity contribution >= 4 is 82.9 Å². The van der Waals surface area contributed by atoms with Gasteiger partial charge in [0.2, 0.25) is 0 Å². The van der Waals surface area contributed by atoms with Gasteiger partial charge in [-0.2, -0.15) is 16.8 Å². The van der Waals surface area contributed by atoms with Gasteiger partial charge < -0.3 is 25.2 Å². The molecule has 0 atom stereocenters. The van der Waals surface area contributed by atoms with E-state index in [1.165, 1.54) is 30.7 Å². The van der Waals surface area contributed by atoms with Gasteiger partial charge in [-0.3, -0.25) is 13.9 Å². The Morgan fingerprint density at radius 3 is 2.17 bits per heavy atom. The number of hydrogen-bond donors (Lipinski definition) is 5. The van der Waals surface area contributed by atoms with Crippen LogP contribution in [0.15, 0.2) is 105 Å². The number of halogens is 2. The van der Waals surface area contributed by atoms with E-state index in [0.717, 1.165) is 43.5 Å². The lowest BCUT2D eigenvalue weighted by Gasteiger charge is -2.25. The van der Waals surface area contributed by atoms with Crippen molar-refractivity contribution in [3.63, 3.8) is 0 Å². The summed E-state index contributed by atoms with van der Waals surface area (Å²) in [5.41, 5.74) is -0.215. The third kappa shape index (κ3) is 9.03. The van der Waals surface area contributed by atoms with E-state index in [0.29, 0.717) is 16.8 Å². The predicted molar refractivity (Wildman–Crippen MR) is 203 cm³/mol. The second-order valence-electron chi connectivity index (χ2n) is 12.2. The van der Waals surface area contributed by atoms with Crippen LogP contribution in [-0.4, -0.2) is 49.6 Å². The molecule has 282 valence electrons. The summed E-state index contributed by atoms with van der Waals surface area (Å²) < 4.78 is 81.9. The number of aromatic hydroxyl groups is 1. The van der Waals surface area contributed by atoms with Crippen LogP contribution in [0.2, 0.25) is 10.0 Å². The van der Waals surface area contributed by atoms with Crippen LogP contribution in [-0.2, 0) is 25.0 Å². The number of ether oxygens (including phenoxy) is 2. The predicted octanol–water partition coefficient (Wildman–Crippen LogP) is 9.32. The molecule has 0 radical (unpaired) electrons. The van der Waals surface area contributed by atoms with Gasteiger partial charge in [-0.25, -0.2) is 0 Å². The van der Waals surface area contributed by atoms with E-state index >= 15 is 0 Å². The van der Waals surface area contributed by atoms with Crippen molar-refractivity contribution < 1.29 is 45.3 Å². The Balaban J connectivity index is 1.39. The number of phenols is 1. The zero-order chi connectivity index (χ0) is 38.6. The number of carbonyl (C=O) groups is 1. The molecule has 5 aromatic carbocycles. The summed E-state index contributed by atoms with van der Waals surface area (Å²) >= 11 is 12.0. The van der Waals surface area contributed by atoms with Gasteiger partial charge in [-0.05, 0) is 73.5 Å². The quantitative estimate of drug-likeness (QED) is 0.0591. The first-order chi connectivity index (χ1) is 25.7. The van der Waals surface area contributed by atoms with E-state index in [2.05, 4.69) is 20.9 Å². The van der Waals surface area contributed by atoms with Gasteiger partial charge in [0.05, 0.1) is 21.8 Å². The SMILES string of the molecule is O=C(COc1ccc(Cl)cc1Cl)Nc1ccc(S(=O)(=O)O)c2cc(S(=O)(=O)O)c(N=Nc3ccccc3Oc3ccccc3NC3CCCCC3)c(O)c12. The number of fused-ring (bicyclic) bond motifs is 1. The molecule has 0 heterocycles. The Kier molecular flexibility index (Phi) is 11.6. The average molecular weight is 816 g/mol. The van der Waals surface area contributed by atoms with Crippen LogP contribution in [0.25, 0.3) is 10.8 Å². The van der Waals surface area contributed by atoms with Gasteiger partial charge in [0.15, 0.2) is 23.9 Å². The van der Waals surface area contributed by atoms with Gasteiger partial charge in [-0.1, -0.05) is 66.7 Å². The summed E-state index contributed by atoms with van der Waals surface area (Å²) in [5, 5.41) is 25.1. The molecule has 0 aromatic heterocycles. The molecule has 14 nitrogen and oxygen atoms in total. The maximum Gasteiger partial charge on any atom is 0.296 e. The van der Waals surface area contributed by atoms with Crippen LogP contribution >= 0.6 is 23.2 Å². The Labute approximate surface area is 320 Å². The van der Waals surface area contributed by atoms with Gasteiger partial charge in [0.1, 0.15) is 26.9 Å². The van der Waals surface area contributed by atoms with E-state index in [-0.39, 0.29) is 33.9 Å². The minimum atomic E-state index is -5.23. The largest absolute Gasteiger partial charge is 0.505 e. The normalized spacial score (nSPS) is 13.9. The molecule has 1 fully saturated rings. The number of amides is 1. The lowest BCUT2D eigenvalue weighted by Crippen LogP contribution is -2.22. The Bertz CT molecular complexity index is 2490. The van der Waals surface area contributed by atoms with Crippen LogP contribution in [0.5, 0.6) is 23.0 Å². The second kappa shape index (κ2) is 16.2. The zero-order valence-electron chi connectivity index (χ0n) is 28.1. The lowest BCUT2D eigenvalue weighted by molar-refractivity contribution is -0.118. The molecular formula is C36H32Cl2N4O10S2. The summed E-state index contributed by atoms with van der Waals surface area (Å²) in [7, 11) is -10.3. The Hall–Kier alpha value is -4.97. The van der Waals surface area contributed by atoms with Crippen LogP contribution < -0.4 is 20.1 Å². The first kappa shape index (κ1) is 38.7. The van der Waals surface area contributed by atoms with E-state index in [9.17, 15) is 35.8 Å². The van der Waals surface area contributed by atoms with Crippen molar-refractivity contribution in [2.75, 3.05) is 17.2 Å². The Morgan fingerprint density at radius 1 is 0.778 bits per heavy atom. The number of anilines is 2. The molecule has 0 unspecified atom stereocenters. The monoisotopic (exact) mass is 814 g/mol. The molecule has 1 aliphatic carbocycles. The first-order valence-corrected chi connectivity index (χ1v) is 20.0. The van der Waals surface area contributed by atoms with E-state index < -0.39 is 64.8 Å². The van der Waals surface area contributed by atoms with Crippen molar-refractivity contribution in [2.24, 2.45) is 10.2 Å². The first-order valence-electron chi connectivity index (χ1n) is 16.4. The van der Waals surface area contributed by atoms with Crippen LogP contribution in [0.3, 0.4) is 0 Å². The van der Waals surface area contributed by atoms with Gasteiger partial charge in [-0.15, -0.1) is 10.2 Å². The number of para-hydroxylation sites is 3. The maximum absolute atomic E-state index is 13.0. The Morgan fingerprint density at radius 2 is 1.46 bits per heavy atom. The van der Waals surface area contributed by atoms with Crippen molar-refractivity contribution in [3.05, 3.63) is 95.0 Å². The third-order valence-corrected chi connectivity index (χ3v) is 10.8. The van der Waals surface area contributed by atoms with Crippen molar-refractivity contribution in [1.82, 2.24) is 0 Å². The van der Waals surface area contributed by atoms with Crippen LogP contribution in [0, 0.1) is 0 Å². The van der Waals surface area contributed by atoms with Crippen molar-refractivity contribution in [1.29, 1.82) is 0 Å². The lowest BCUT2D eigenvalue weighted by atomic mass is 9.95. The van der Waals surface area contributed by atoms with Crippen molar-refractivity contribution in [3.8, 4) is 23.0 Å². The molecule has 6 rings (SSSR count). The second-order valence-corrected chi connectivity index (χ2v) is 15.8. The summed E-state index contributed by atoms with van der Waals surface area (Å²) in [5.74, 6) is -1.01. The van der Waals surface area contributed by atoms with E-state index in [1.54, 1.807) is 30.3 Å². The van der Waals surface area contributed by atoms with Gasteiger partial charge >= 0.3 is 0 Å². The minimum absolute atomic E-state index is 0.0870. The number of rotatable bonds is 12. The molecule has 18 heteroatoms. The zero-order valence-corrected chi connectivity index (χ0v) is 31.2. The molecule has 0 aliphatic heterocycles. The van der Waals surface area contributed by atoms with E-state index in [4.69, 9.17) is 32.7 Å². The highest BCUT2D eigenvalue weighted by Crippen LogP contribution is 2.47. The minimum Gasteiger partial charge on any atom is -0.505 e. The van der Waals surface area contributed by atoms with Crippen LogP contribution in [0.1, 0.15) is 32.1 Å². The van der Waals surface area contributed by atoms with Gasteiger partial charge in [0.25, 0.3) is 26.1 Å². The maximum atomic E-state index is 13.0. The summed E-state index contributed by atoms with van der Waals surface area (Å²) in [4.78, 5) is 11.1. The number of nitrogens with one attached hydrogen (secondary N) is 2. The fourth-order valence-electron chi connectivity index (χ4n) is 5.97. The number of carbonyl (C=O) groups excluding carboxylic acids is 1. The number of benzene rings is 5. The molecule has 1 aliphatic rings. The molecule has 1 saturated carbocycles. The van der Waals surface area contributed by atoms with Crippen molar-refractivity contribution in [2.45, 2.75) is 47.9 Å². The molecule has 1 amide bonds. The topological polar surface area (TPSA) is 213 Å². The fourth-order valence-corrected chi connectivity index (χ4v) is 7.76. The highest BCUT2D eigenvalue weighted by molar-refractivity contribution is 7.86. The molecule has 5 aromatic rings. The fraction of sp³-hybridized carbons (Fsp3) is 0.194. The molecule has 0 saturated heterocycles. The molecular weight excluding hydrogens is 783 g/mol. The standard InChI is InChI=1S/C36H32Cl2N4O10S2/c37-21-14-16-28(24(38)18-21)51-20-33(43)40-27-15-17-31(53(45,46)47)23-19-32(54(48,49)50)35(36(44)34(23)27)42-41-26-11-5-7-13-30(26)52-29-12-6-4-10-25(29)39-22-8-2-1-3-9-22/h4-7,10-19,22,39,44H,1-3,8-9,20H2,(H,40,43)(H,45,46,47)(H,48,49,50). The molecule has 5 N–H and O–H groups in total. The highest BCUT2D eigenvalue weighted by Gasteiger charge is 2.28. The van der Waals surface area contributed by atoms with E-state index in [1.807, 2.05) is 12.1 Å². The molecule has 54 heavy (non-hydrogen) atoms. The highest BCUT2D eigenvalue weighted by atomic mass is 35.5. The number of hydrogen-bond acceptors (Lipinski definition) is 11. The number of phenolic OH excluding ortho intramolecular Hbond substituents is 1. The molecule has 0 bridgehead atoms. The third-order valence-electron chi connectivity index (χ3n) is 8.45.